The summed E-state index contributed by atoms with van der Waals surface area (Å²) in [5, 5.41) is 9.92. The SMILES string of the molecule is COOC1OC(OC)C(C)C(O)C1OC. The molecule has 90 valence electrons. The van der Waals surface area contributed by atoms with E-state index in [4.69, 9.17) is 19.1 Å². The van der Waals surface area contributed by atoms with Crippen LogP contribution in [0.3, 0.4) is 0 Å². The fraction of sp³-hybridized carbons (Fsp3) is 1.00. The highest BCUT2D eigenvalue weighted by molar-refractivity contribution is 4.83. The van der Waals surface area contributed by atoms with Gasteiger partial charge in [-0.25, -0.2) is 9.78 Å². The monoisotopic (exact) mass is 222 g/mol. The van der Waals surface area contributed by atoms with Crippen LogP contribution in [-0.4, -0.2) is 51.2 Å². The highest BCUT2D eigenvalue weighted by Gasteiger charge is 2.44. The van der Waals surface area contributed by atoms with Crippen LogP contribution < -0.4 is 0 Å². The lowest BCUT2D eigenvalue weighted by Gasteiger charge is -2.40. The fourth-order valence-corrected chi connectivity index (χ4v) is 1.65. The Morgan fingerprint density at radius 3 is 2.20 bits per heavy atom. The molecule has 0 aromatic heterocycles. The minimum atomic E-state index is -0.795. The molecule has 1 saturated heterocycles. The summed E-state index contributed by atoms with van der Waals surface area (Å²) in [5.74, 6) is -0.198. The van der Waals surface area contributed by atoms with Crippen LogP contribution >= 0.6 is 0 Å². The zero-order valence-electron chi connectivity index (χ0n) is 9.38. The Morgan fingerprint density at radius 1 is 1.07 bits per heavy atom. The summed E-state index contributed by atoms with van der Waals surface area (Å²) in [4.78, 5) is 9.37. The van der Waals surface area contributed by atoms with Gasteiger partial charge < -0.3 is 19.3 Å². The molecule has 1 rings (SSSR count). The second-order valence-corrected chi connectivity index (χ2v) is 3.42. The number of aliphatic hydroxyl groups excluding tert-OH is 1. The third-order valence-electron chi connectivity index (χ3n) is 2.54. The van der Waals surface area contributed by atoms with Crippen LogP contribution in [-0.2, 0) is 24.0 Å². The standard InChI is InChI=1S/C9H18O6/c1-5-6(10)7(11-2)9(15-13-4)14-8(5)12-3/h5-10H,1-4H3. The van der Waals surface area contributed by atoms with Gasteiger partial charge in [-0.05, 0) is 0 Å². The molecule has 6 heteroatoms. The van der Waals surface area contributed by atoms with Crippen molar-refractivity contribution in [2.75, 3.05) is 21.3 Å². The van der Waals surface area contributed by atoms with E-state index in [1.165, 1.54) is 21.3 Å². The molecule has 15 heavy (non-hydrogen) atoms. The van der Waals surface area contributed by atoms with E-state index in [0.29, 0.717) is 0 Å². The number of hydrogen-bond acceptors (Lipinski definition) is 6. The van der Waals surface area contributed by atoms with Gasteiger partial charge >= 0.3 is 0 Å². The molecule has 0 spiro atoms. The maximum Gasteiger partial charge on any atom is 0.222 e. The zero-order valence-corrected chi connectivity index (χ0v) is 9.38. The lowest BCUT2D eigenvalue weighted by atomic mass is 9.96. The van der Waals surface area contributed by atoms with E-state index in [1.54, 1.807) is 0 Å². The average Bonchev–Trinajstić information content (AvgIpc) is 2.24. The Morgan fingerprint density at radius 2 is 1.73 bits per heavy atom. The van der Waals surface area contributed by atoms with Crippen molar-refractivity contribution < 1.29 is 29.1 Å². The normalized spacial score (nSPS) is 41.8. The lowest BCUT2D eigenvalue weighted by Crippen LogP contribution is -2.55. The van der Waals surface area contributed by atoms with E-state index in [9.17, 15) is 5.11 Å². The number of methoxy groups -OCH3 is 2. The number of rotatable bonds is 4. The molecular formula is C9H18O6. The summed E-state index contributed by atoms with van der Waals surface area (Å²) in [6.07, 6.45) is -2.65. The van der Waals surface area contributed by atoms with Gasteiger partial charge in [0.25, 0.3) is 0 Å². The summed E-state index contributed by atoms with van der Waals surface area (Å²) in [7, 11) is 4.34. The van der Waals surface area contributed by atoms with Crippen LogP contribution in [0.25, 0.3) is 0 Å². The van der Waals surface area contributed by atoms with Crippen molar-refractivity contribution in [1.82, 2.24) is 0 Å². The van der Waals surface area contributed by atoms with Crippen LogP contribution in [0.4, 0.5) is 0 Å². The van der Waals surface area contributed by atoms with Crippen molar-refractivity contribution in [1.29, 1.82) is 0 Å². The van der Waals surface area contributed by atoms with Crippen LogP contribution in [0.5, 0.6) is 0 Å². The van der Waals surface area contributed by atoms with Crippen LogP contribution in [0, 0.1) is 5.92 Å². The second kappa shape index (κ2) is 5.74. The van der Waals surface area contributed by atoms with Crippen LogP contribution in [0.1, 0.15) is 6.92 Å². The summed E-state index contributed by atoms with van der Waals surface area (Å²) >= 11 is 0. The lowest BCUT2D eigenvalue weighted by molar-refractivity contribution is -0.432. The van der Waals surface area contributed by atoms with E-state index in [2.05, 4.69) is 4.89 Å². The first-order valence-corrected chi connectivity index (χ1v) is 4.74. The van der Waals surface area contributed by atoms with Crippen molar-refractivity contribution in [3.63, 3.8) is 0 Å². The van der Waals surface area contributed by atoms with Gasteiger partial charge in [-0.1, -0.05) is 6.92 Å². The molecule has 0 saturated carbocycles. The quantitative estimate of drug-likeness (QED) is 0.529. The Kier molecular flexibility index (Phi) is 4.91. The first-order valence-electron chi connectivity index (χ1n) is 4.74. The highest BCUT2D eigenvalue weighted by atomic mass is 17.2. The predicted molar refractivity (Wildman–Crippen MR) is 49.7 cm³/mol. The number of aliphatic hydroxyl groups is 1. The smallest absolute Gasteiger partial charge is 0.222 e. The zero-order chi connectivity index (χ0) is 11.4. The van der Waals surface area contributed by atoms with Gasteiger partial charge in [0, 0.05) is 20.1 Å². The van der Waals surface area contributed by atoms with E-state index >= 15 is 0 Å². The maximum absolute atomic E-state index is 9.92. The van der Waals surface area contributed by atoms with Gasteiger partial charge in [-0.15, -0.1) is 0 Å². The molecule has 0 bridgehead atoms. The van der Waals surface area contributed by atoms with E-state index < -0.39 is 24.8 Å². The molecule has 0 aromatic rings. The van der Waals surface area contributed by atoms with Crippen molar-refractivity contribution in [3.05, 3.63) is 0 Å². The summed E-state index contributed by atoms with van der Waals surface area (Å²) < 4.78 is 15.6. The molecule has 6 nitrogen and oxygen atoms in total. The molecule has 0 aromatic carbocycles. The minimum absolute atomic E-state index is 0.198. The van der Waals surface area contributed by atoms with Gasteiger partial charge in [0.2, 0.25) is 6.29 Å². The summed E-state index contributed by atoms with van der Waals surface area (Å²) in [6.45, 7) is 1.81. The first kappa shape index (κ1) is 12.8. The molecule has 1 aliphatic rings. The van der Waals surface area contributed by atoms with E-state index in [0.717, 1.165) is 0 Å². The van der Waals surface area contributed by atoms with Gasteiger partial charge in [0.1, 0.15) is 6.10 Å². The van der Waals surface area contributed by atoms with E-state index in [1.807, 2.05) is 6.92 Å². The number of hydrogen-bond donors (Lipinski definition) is 1. The minimum Gasteiger partial charge on any atom is -0.390 e. The fourth-order valence-electron chi connectivity index (χ4n) is 1.65. The molecule has 1 aliphatic heterocycles. The Bertz CT molecular complexity index is 187. The molecular weight excluding hydrogens is 204 g/mol. The van der Waals surface area contributed by atoms with Gasteiger partial charge in [0.15, 0.2) is 6.29 Å². The van der Waals surface area contributed by atoms with Gasteiger partial charge in [0.05, 0.1) is 13.2 Å². The summed E-state index contributed by atoms with van der Waals surface area (Å²) in [5.41, 5.74) is 0. The van der Waals surface area contributed by atoms with Crippen LogP contribution in [0.15, 0.2) is 0 Å². The van der Waals surface area contributed by atoms with Crippen LogP contribution in [0.2, 0.25) is 0 Å². The van der Waals surface area contributed by atoms with Crippen molar-refractivity contribution in [2.24, 2.45) is 5.92 Å². The van der Waals surface area contributed by atoms with Gasteiger partial charge in [-0.3, -0.25) is 0 Å². The summed E-state index contributed by atoms with van der Waals surface area (Å²) in [6, 6.07) is 0. The maximum atomic E-state index is 9.92. The van der Waals surface area contributed by atoms with Crippen molar-refractivity contribution >= 4 is 0 Å². The first-order chi connectivity index (χ1) is 7.15. The Hall–Kier alpha value is -0.240. The molecule has 5 atom stereocenters. The number of ether oxygens (including phenoxy) is 3. The molecule has 0 radical (unpaired) electrons. The molecule has 1 heterocycles. The average molecular weight is 222 g/mol. The molecule has 0 aliphatic carbocycles. The highest BCUT2D eigenvalue weighted by Crippen LogP contribution is 2.28. The predicted octanol–water partition coefficient (Wildman–Crippen LogP) is -0.0948. The largest absolute Gasteiger partial charge is 0.390 e. The Labute approximate surface area is 88.9 Å². The van der Waals surface area contributed by atoms with E-state index in [-0.39, 0.29) is 5.92 Å². The molecule has 0 amide bonds. The topological polar surface area (TPSA) is 66.4 Å². The third-order valence-corrected chi connectivity index (χ3v) is 2.54. The second-order valence-electron chi connectivity index (χ2n) is 3.42. The van der Waals surface area contributed by atoms with Crippen molar-refractivity contribution in [3.8, 4) is 0 Å². The molecule has 1 N–H and O–H groups in total. The molecule has 1 fully saturated rings. The Balaban J connectivity index is 2.70. The van der Waals surface area contributed by atoms with Crippen molar-refractivity contribution in [2.45, 2.75) is 31.7 Å². The van der Waals surface area contributed by atoms with Gasteiger partial charge in [-0.2, -0.15) is 0 Å². The third kappa shape index (κ3) is 2.66. The molecule has 5 unspecified atom stereocenters.